The summed E-state index contributed by atoms with van der Waals surface area (Å²) in [6, 6.07) is 35.7. The van der Waals surface area contributed by atoms with Gasteiger partial charge in [-0.3, -0.25) is 0 Å². The molecule has 0 unspecified atom stereocenters. The van der Waals surface area contributed by atoms with Crippen LogP contribution >= 0.6 is 0 Å². The van der Waals surface area contributed by atoms with Gasteiger partial charge in [-0.25, -0.2) is 0 Å². The second-order valence-electron chi connectivity index (χ2n) is 8.83. The Labute approximate surface area is 204 Å². The third-order valence-electron chi connectivity index (χ3n) is 4.99. The summed E-state index contributed by atoms with van der Waals surface area (Å²) in [4.78, 5) is 0. The molecular weight excluding hydrogens is 416 g/mol. The van der Waals surface area contributed by atoms with E-state index in [9.17, 15) is 0 Å². The zero-order valence-electron chi connectivity index (χ0n) is 20.5. The Kier molecular flexibility index (Phi) is 8.98. The Hall–Kier alpha value is -3.92. The first-order valence-corrected chi connectivity index (χ1v) is 11.8. The molecule has 34 heavy (non-hydrogen) atoms. The highest BCUT2D eigenvalue weighted by atomic mass is 14.9. The summed E-state index contributed by atoms with van der Waals surface area (Å²) < 4.78 is 0. The van der Waals surface area contributed by atoms with Crippen molar-refractivity contribution in [3.05, 3.63) is 103 Å². The van der Waals surface area contributed by atoms with Gasteiger partial charge in [-0.1, -0.05) is 54.6 Å². The molecule has 4 aromatic rings. The van der Waals surface area contributed by atoms with Crippen LogP contribution in [-0.2, 0) is 0 Å². The van der Waals surface area contributed by atoms with Gasteiger partial charge in [0.2, 0.25) is 0 Å². The van der Waals surface area contributed by atoms with E-state index in [-0.39, 0.29) is 0 Å². The first-order valence-electron chi connectivity index (χ1n) is 11.8. The van der Waals surface area contributed by atoms with Gasteiger partial charge >= 0.3 is 0 Å². The van der Waals surface area contributed by atoms with Gasteiger partial charge in [0.05, 0.1) is 0 Å². The number of hydrogen-bond acceptors (Lipinski definition) is 4. The highest BCUT2D eigenvalue weighted by Crippen LogP contribution is 2.28. The molecule has 0 bridgehead atoms. The summed E-state index contributed by atoms with van der Waals surface area (Å²) in [5.41, 5.74) is 13.6. The van der Waals surface area contributed by atoms with Crippen molar-refractivity contribution in [3.63, 3.8) is 0 Å². The van der Waals surface area contributed by atoms with Crippen LogP contribution < -0.4 is 21.7 Å². The standard InChI is InChI=1S/2C15H18N2/c1-12(2)16-14-8-10-15(11-9-14)17-13-6-4-3-5-7-13;1-11(2)17-13-8-9-14(15(16)10-13)12-6-4-3-5-7-12/h3-12,16-17H,1-2H3;3-11,17H,16H2,1-2H3. The molecule has 0 atom stereocenters. The average molecular weight is 453 g/mol. The van der Waals surface area contributed by atoms with Crippen LogP contribution in [0.3, 0.4) is 0 Å². The Morgan fingerprint density at radius 3 is 1.56 bits per heavy atom. The Bertz CT molecular complexity index is 1120. The van der Waals surface area contributed by atoms with Gasteiger partial charge in [0, 0.05) is 46.1 Å². The van der Waals surface area contributed by atoms with Crippen LogP contribution in [0.4, 0.5) is 28.4 Å². The van der Waals surface area contributed by atoms with Crippen LogP contribution in [0.1, 0.15) is 27.7 Å². The maximum Gasteiger partial charge on any atom is 0.0414 e. The van der Waals surface area contributed by atoms with Crippen molar-refractivity contribution in [2.45, 2.75) is 39.8 Å². The summed E-state index contributed by atoms with van der Waals surface area (Å²) in [5, 5.41) is 10.1. The molecule has 0 fully saturated rings. The third kappa shape index (κ3) is 7.89. The van der Waals surface area contributed by atoms with Crippen LogP contribution in [0.25, 0.3) is 11.1 Å². The van der Waals surface area contributed by atoms with E-state index in [0.717, 1.165) is 39.6 Å². The molecule has 4 aromatic carbocycles. The predicted molar refractivity (Wildman–Crippen MR) is 150 cm³/mol. The van der Waals surface area contributed by atoms with Crippen LogP contribution in [-0.4, -0.2) is 12.1 Å². The van der Waals surface area contributed by atoms with E-state index in [2.05, 4.69) is 104 Å². The molecule has 0 saturated heterocycles. The van der Waals surface area contributed by atoms with E-state index in [0.29, 0.717) is 12.1 Å². The number of nitrogen functional groups attached to an aromatic ring is 1. The molecule has 5 N–H and O–H groups in total. The van der Waals surface area contributed by atoms with Crippen LogP contribution in [0.15, 0.2) is 103 Å². The molecule has 0 aromatic heterocycles. The van der Waals surface area contributed by atoms with E-state index in [1.54, 1.807) is 0 Å². The smallest absolute Gasteiger partial charge is 0.0414 e. The number of nitrogens with two attached hydrogens (primary N) is 1. The highest BCUT2D eigenvalue weighted by molar-refractivity contribution is 5.79. The molecule has 176 valence electrons. The number of anilines is 5. The highest BCUT2D eigenvalue weighted by Gasteiger charge is 2.04. The van der Waals surface area contributed by atoms with E-state index >= 15 is 0 Å². The maximum atomic E-state index is 6.09. The zero-order chi connectivity index (χ0) is 24.3. The maximum absolute atomic E-state index is 6.09. The summed E-state index contributed by atoms with van der Waals surface area (Å²) in [6.45, 7) is 8.49. The second kappa shape index (κ2) is 12.4. The van der Waals surface area contributed by atoms with Gasteiger partial charge < -0.3 is 21.7 Å². The lowest BCUT2D eigenvalue weighted by atomic mass is 10.0. The molecule has 4 nitrogen and oxygen atoms in total. The van der Waals surface area contributed by atoms with Crippen molar-refractivity contribution in [1.82, 2.24) is 0 Å². The minimum Gasteiger partial charge on any atom is -0.398 e. The molecule has 0 aliphatic rings. The zero-order valence-corrected chi connectivity index (χ0v) is 20.5. The average Bonchev–Trinajstić information content (AvgIpc) is 2.81. The van der Waals surface area contributed by atoms with E-state index in [1.165, 1.54) is 0 Å². The summed E-state index contributed by atoms with van der Waals surface area (Å²) >= 11 is 0. The monoisotopic (exact) mass is 452 g/mol. The quantitative estimate of drug-likeness (QED) is 0.214. The largest absolute Gasteiger partial charge is 0.398 e. The topological polar surface area (TPSA) is 62.1 Å². The SMILES string of the molecule is CC(C)Nc1ccc(-c2ccccc2)c(N)c1.CC(C)Nc1ccc(Nc2ccccc2)cc1. The minimum absolute atomic E-state index is 0.414. The molecule has 0 heterocycles. The van der Waals surface area contributed by atoms with Gasteiger partial charge in [-0.2, -0.15) is 0 Å². The van der Waals surface area contributed by atoms with Crippen molar-refractivity contribution in [3.8, 4) is 11.1 Å². The van der Waals surface area contributed by atoms with Gasteiger partial charge in [0.25, 0.3) is 0 Å². The van der Waals surface area contributed by atoms with Gasteiger partial charge in [0.1, 0.15) is 0 Å². The molecule has 0 radical (unpaired) electrons. The first-order chi connectivity index (χ1) is 16.4. The summed E-state index contributed by atoms with van der Waals surface area (Å²) in [5.74, 6) is 0. The van der Waals surface area contributed by atoms with E-state index < -0.39 is 0 Å². The molecule has 0 amide bonds. The minimum atomic E-state index is 0.414. The van der Waals surface area contributed by atoms with Gasteiger partial charge in [-0.15, -0.1) is 0 Å². The molecule has 0 aliphatic heterocycles. The van der Waals surface area contributed by atoms with Crippen molar-refractivity contribution in [1.29, 1.82) is 0 Å². The molecule has 4 rings (SSSR count). The van der Waals surface area contributed by atoms with Crippen LogP contribution in [0.5, 0.6) is 0 Å². The van der Waals surface area contributed by atoms with E-state index in [4.69, 9.17) is 5.73 Å². The lowest BCUT2D eigenvalue weighted by Gasteiger charge is -2.12. The van der Waals surface area contributed by atoms with Gasteiger partial charge in [0.15, 0.2) is 0 Å². The van der Waals surface area contributed by atoms with E-state index in [1.807, 2.05) is 42.5 Å². The number of benzene rings is 4. The number of rotatable bonds is 7. The van der Waals surface area contributed by atoms with Crippen molar-refractivity contribution < 1.29 is 0 Å². The van der Waals surface area contributed by atoms with Crippen molar-refractivity contribution in [2.24, 2.45) is 0 Å². The number of hydrogen-bond donors (Lipinski definition) is 4. The molecule has 0 saturated carbocycles. The molecular formula is C30H36N4. The fraction of sp³-hybridized carbons (Fsp3) is 0.200. The lowest BCUT2D eigenvalue weighted by Crippen LogP contribution is -2.09. The molecule has 0 spiro atoms. The van der Waals surface area contributed by atoms with Gasteiger partial charge in [-0.05, 0) is 81.8 Å². The van der Waals surface area contributed by atoms with Crippen molar-refractivity contribution in [2.75, 3.05) is 21.7 Å². The first kappa shape index (κ1) is 24.7. The summed E-state index contributed by atoms with van der Waals surface area (Å²) in [7, 11) is 0. The van der Waals surface area contributed by atoms with Crippen LogP contribution in [0.2, 0.25) is 0 Å². The molecule has 0 aliphatic carbocycles. The fourth-order valence-corrected chi connectivity index (χ4v) is 3.54. The third-order valence-corrected chi connectivity index (χ3v) is 4.99. The summed E-state index contributed by atoms with van der Waals surface area (Å²) in [6.07, 6.45) is 0. The van der Waals surface area contributed by atoms with Crippen molar-refractivity contribution >= 4 is 28.4 Å². The Balaban J connectivity index is 0.000000191. The second-order valence-corrected chi connectivity index (χ2v) is 8.83. The predicted octanol–water partition coefficient (Wildman–Crippen LogP) is 8.01. The molecule has 4 heteroatoms. The van der Waals surface area contributed by atoms with Crippen LogP contribution in [0, 0.1) is 0 Å². The number of nitrogens with one attached hydrogen (secondary N) is 3. The Morgan fingerprint density at radius 1 is 0.529 bits per heavy atom. The normalized spacial score (nSPS) is 10.4. The Morgan fingerprint density at radius 2 is 1.00 bits per heavy atom. The number of para-hydroxylation sites is 1. The fourth-order valence-electron chi connectivity index (χ4n) is 3.54. The lowest BCUT2D eigenvalue weighted by molar-refractivity contribution is 0.899.